The Bertz CT molecular complexity index is 893. The van der Waals surface area contributed by atoms with Crippen LogP contribution in [0.3, 0.4) is 0 Å². The number of nitrogens with zero attached hydrogens (tertiary/aromatic N) is 2. The Morgan fingerprint density at radius 2 is 1.83 bits per heavy atom. The number of ether oxygens (including phenoxy) is 2. The van der Waals surface area contributed by atoms with Crippen molar-refractivity contribution in [1.82, 2.24) is 4.90 Å². The van der Waals surface area contributed by atoms with Gasteiger partial charge in [0.2, 0.25) is 5.91 Å². The van der Waals surface area contributed by atoms with Gasteiger partial charge in [0.05, 0.1) is 24.4 Å². The van der Waals surface area contributed by atoms with E-state index < -0.39 is 6.10 Å². The van der Waals surface area contributed by atoms with E-state index in [1.165, 1.54) is 0 Å². The molecular formula is C22H25N3O4. The number of rotatable bonds is 5. The first-order valence-electron chi connectivity index (χ1n) is 9.97. The largest absolute Gasteiger partial charge is 0.492 e. The second-order valence-electron chi connectivity index (χ2n) is 7.06. The van der Waals surface area contributed by atoms with E-state index in [1.807, 2.05) is 43.3 Å². The molecule has 4 rings (SSSR count). The maximum Gasteiger partial charge on any atom is 0.266 e. The van der Waals surface area contributed by atoms with Crippen molar-refractivity contribution in [3.8, 4) is 11.5 Å². The van der Waals surface area contributed by atoms with Crippen molar-refractivity contribution in [2.45, 2.75) is 19.4 Å². The van der Waals surface area contributed by atoms with Crippen molar-refractivity contribution in [2.75, 3.05) is 43.0 Å². The molecule has 2 aromatic rings. The van der Waals surface area contributed by atoms with Crippen LogP contribution in [0.5, 0.6) is 11.5 Å². The maximum atomic E-state index is 12.8. The van der Waals surface area contributed by atoms with Crippen LogP contribution in [0.25, 0.3) is 0 Å². The van der Waals surface area contributed by atoms with Crippen LogP contribution in [0.4, 0.5) is 11.4 Å². The summed E-state index contributed by atoms with van der Waals surface area (Å²) in [7, 11) is 0. The van der Waals surface area contributed by atoms with Crippen LogP contribution in [0.1, 0.15) is 13.3 Å². The van der Waals surface area contributed by atoms with Crippen LogP contribution in [-0.4, -0.2) is 55.6 Å². The van der Waals surface area contributed by atoms with E-state index in [1.54, 1.807) is 17.0 Å². The van der Waals surface area contributed by atoms with E-state index in [-0.39, 0.29) is 18.2 Å². The van der Waals surface area contributed by atoms with Crippen LogP contribution >= 0.6 is 0 Å². The molecule has 0 unspecified atom stereocenters. The number of piperazine rings is 1. The number of amides is 2. The van der Waals surface area contributed by atoms with Crippen molar-refractivity contribution in [2.24, 2.45) is 0 Å². The zero-order chi connectivity index (χ0) is 20.2. The molecule has 0 saturated carbocycles. The summed E-state index contributed by atoms with van der Waals surface area (Å²) in [6, 6.07) is 15.2. The minimum atomic E-state index is -0.797. The Hall–Kier alpha value is -3.22. The lowest BCUT2D eigenvalue weighted by Crippen LogP contribution is -2.50. The fourth-order valence-electron chi connectivity index (χ4n) is 3.71. The van der Waals surface area contributed by atoms with E-state index in [4.69, 9.17) is 9.47 Å². The van der Waals surface area contributed by atoms with E-state index in [0.29, 0.717) is 31.1 Å². The average Bonchev–Trinajstić information content (AvgIpc) is 2.75. The molecule has 152 valence electrons. The molecule has 2 aliphatic heterocycles. The predicted molar refractivity (Wildman–Crippen MR) is 111 cm³/mol. The number of fused-ring (bicyclic) bond motifs is 1. The lowest BCUT2D eigenvalue weighted by atomic mass is 10.1. The van der Waals surface area contributed by atoms with Gasteiger partial charge in [0.15, 0.2) is 6.10 Å². The van der Waals surface area contributed by atoms with Crippen LogP contribution < -0.4 is 19.7 Å². The molecule has 7 heteroatoms. The Morgan fingerprint density at radius 1 is 1.10 bits per heavy atom. The van der Waals surface area contributed by atoms with Gasteiger partial charge in [-0.15, -0.1) is 0 Å². The van der Waals surface area contributed by atoms with E-state index >= 15 is 0 Å². The van der Waals surface area contributed by atoms with Crippen molar-refractivity contribution in [1.29, 1.82) is 0 Å². The van der Waals surface area contributed by atoms with Gasteiger partial charge in [-0.2, -0.15) is 0 Å². The van der Waals surface area contributed by atoms with Crippen LogP contribution in [-0.2, 0) is 9.59 Å². The maximum absolute atomic E-state index is 12.8. The Morgan fingerprint density at radius 3 is 2.62 bits per heavy atom. The number of benzene rings is 2. The lowest BCUT2D eigenvalue weighted by Gasteiger charge is -2.37. The predicted octanol–water partition coefficient (Wildman–Crippen LogP) is 2.52. The van der Waals surface area contributed by atoms with Gasteiger partial charge in [-0.3, -0.25) is 9.59 Å². The third kappa shape index (κ3) is 4.13. The summed E-state index contributed by atoms with van der Waals surface area (Å²) in [6.07, 6.45) is -0.760. The first-order chi connectivity index (χ1) is 14.2. The minimum absolute atomic E-state index is 0.0374. The highest BCUT2D eigenvalue weighted by molar-refractivity contribution is 6.00. The number of nitrogens with one attached hydrogen (secondary N) is 1. The van der Waals surface area contributed by atoms with E-state index in [9.17, 15) is 9.59 Å². The highest BCUT2D eigenvalue weighted by Gasteiger charge is 2.32. The second kappa shape index (κ2) is 8.43. The first kappa shape index (κ1) is 19.1. The molecule has 2 aromatic carbocycles. The number of anilines is 2. The molecule has 0 radical (unpaired) electrons. The van der Waals surface area contributed by atoms with E-state index in [2.05, 4.69) is 10.2 Å². The number of carbonyl (C=O) groups excluding carboxylic acids is 2. The van der Waals surface area contributed by atoms with Gasteiger partial charge in [-0.25, -0.2) is 0 Å². The summed E-state index contributed by atoms with van der Waals surface area (Å²) in [5, 5.41) is 2.81. The molecule has 29 heavy (non-hydrogen) atoms. The zero-order valence-electron chi connectivity index (χ0n) is 16.5. The summed E-state index contributed by atoms with van der Waals surface area (Å²) in [6.45, 7) is 5.22. The summed E-state index contributed by atoms with van der Waals surface area (Å²) >= 11 is 0. The molecule has 1 atom stereocenters. The Balaban J connectivity index is 1.35. The third-order valence-electron chi connectivity index (χ3n) is 5.20. The Labute approximate surface area is 170 Å². The number of hydrogen-bond acceptors (Lipinski definition) is 5. The highest BCUT2D eigenvalue weighted by Crippen LogP contribution is 2.31. The number of carbonyl (C=O) groups is 2. The van der Waals surface area contributed by atoms with Gasteiger partial charge < -0.3 is 24.6 Å². The Kier molecular flexibility index (Phi) is 5.55. The van der Waals surface area contributed by atoms with Crippen LogP contribution in [0.2, 0.25) is 0 Å². The molecule has 1 N–H and O–H groups in total. The zero-order valence-corrected chi connectivity index (χ0v) is 16.5. The molecule has 2 amide bonds. The van der Waals surface area contributed by atoms with Gasteiger partial charge in [0, 0.05) is 26.2 Å². The summed E-state index contributed by atoms with van der Waals surface area (Å²) in [5.41, 5.74) is 1.69. The van der Waals surface area contributed by atoms with Crippen molar-refractivity contribution < 1.29 is 19.1 Å². The SMILES string of the molecule is CCOc1ccccc1N1CCN(C(=O)C[C@H]2Oc3ccccc3NC2=O)CC1. The molecule has 0 bridgehead atoms. The summed E-state index contributed by atoms with van der Waals surface area (Å²) in [4.78, 5) is 29.1. The van der Waals surface area contributed by atoms with Crippen molar-refractivity contribution in [3.63, 3.8) is 0 Å². The standard InChI is InChI=1S/C22H25N3O4/c1-2-28-19-10-6-4-8-17(19)24-11-13-25(14-12-24)21(26)15-20-22(27)23-16-7-3-5-9-18(16)29-20/h3-10,20H,2,11-15H2,1H3,(H,23,27)/t20-/m1/s1. The van der Waals surface area contributed by atoms with E-state index in [0.717, 1.165) is 24.5 Å². The minimum Gasteiger partial charge on any atom is -0.492 e. The number of hydrogen-bond donors (Lipinski definition) is 1. The van der Waals surface area contributed by atoms with Gasteiger partial charge in [-0.1, -0.05) is 24.3 Å². The van der Waals surface area contributed by atoms with Gasteiger partial charge in [0.25, 0.3) is 5.91 Å². The smallest absolute Gasteiger partial charge is 0.266 e. The highest BCUT2D eigenvalue weighted by atomic mass is 16.5. The molecule has 0 spiro atoms. The van der Waals surface area contributed by atoms with Crippen LogP contribution in [0.15, 0.2) is 48.5 Å². The molecule has 2 aliphatic rings. The molecule has 0 aromatic heterocycles. The fraction of sp³-hybridized carbons (Fsp3) is 0.364. The molecule has 1 fully saturated rings. The molecule has 2 heterocycles. The average molecular weight is 395 g/mol. The third-order valence-corrected chi connectivity index (χ3v) is 5.20. The molecule has 0 aliphatic carbocycles. The van der Waals surface area contributed by atoms with Gasteiger partial charge in [0.1, 0.15) is 11.5 Å². The first-order valence-corrected chi connectivity index (χ1v) is 9.97. The molecule has 7 nitrogen and oxygen atoms in total. The van der Waals surface area contributed by atoms with Crippen molar-refractivity contribution >= 4 is 23.2 Å². The lowest BCUT2D eigenvalue weighted by molar-refractivity contribution is -0.137. The quantitative estimate of drug-likeness (QED) is 0.842. The van der Waals surface area contributed by atoms with Crippen molar-refractivity contribution in [3.05, 3.63) is 48.5 Å². The monoisotopic (exact) mass is 395 g/mol. The topological polar surface area (TPSA) is 71.1 Å². The number of para-hydroxylation sites is 4. The van der Waals surface area contributed by atoms with Gasteiger partial charge in [-0.05, 0) is 31.2 Å². The summed E-state index contributed by atoms with van der Waals surface area (Å²) < 4.78 is 11.5. The fourth-order valence-corrected chi connectivity index (χ4v) is 3.71. The normalized spacial score (nSPS) is 18.5. The molecule has 1 saturated heterocycles. The van der Waals surface area contributed by atoms with Crippen LogP contribution in [0, 0.1) is 0 Å². The summed E-state index contributed by atoms with van der Waals surface area (Å²) in [5.74, 6) is 1.12. The van der Waals surface area contributed by atoms with Gasteiger partial charge >= 0.3 is 0 Å². The molecular weight excluding hydrogens is 370 g/mol. The second-order valence-corrected chi connectivity index (χ2v) is 7.06.